The molecular formula is C28H25Cl2N3O6. The Morgan fingerprint density at radius 1 is 1.05 bits per heavy atom. The fraction of sp³-hybridized carbons (Fsp3) is 0.214. The van der Waals surface area contributed by atoms with Crippen LogP contribution in [0.2, 0.25) is 10.0 Å². The van der Waals surface area contributed by atoms with Crippen molar-refractivity contribution in [1.29, 1.82) is 0 Å². The van der Waals surface area contributed by atoms with Gasteiger partial charge in [-0.15, -0.1) is 0 Å². The summed E-state index contributed by atoms with van der Waals surface area (Å²) in [6, 6.07) is 17.3. The first-order chi connectivity index (χ1) is 18.6. The van der Waals surface area contributed by atoms with Gasteiger partial charge in [-0.2, -0.15) is 0 Å². The summed E-state index contributed by atoms with van der Waals surface area (Å²) in [6.45, 7) is 1.55. The first-order valence-electron chi connectivity index (χ1n) is 11.9. The van der Waals surface area contributed by atoms with E-state index in [1.54, 1.807) is 61.5 Å². The number of nitrogens with one attached hydrogen (secondary N) is 2. The SMILES string of the molecule is COc1ccccc1C1=NOC(C)(C(=O)N[C@@H](Cc2ccc(NC(=O)c3c(Cl)cccc3Cl)cc2)C(=O)O)C1. The van der Waals surface area contributed by atoms with E-state index in [0.717, 1.165) is 0 Å². The van der Waals surface area contributed by atoms with Crippen LogP contribution in [0.15, 0.2) is 71.9 Å². The highest BCUT2D eigenvalue weighted by Crippen LogP contribution is 2.31. The molecule has 0 bridgehead atoms. The molecule has 2 atom stereocenters. The lowest BCUT2D eigenvalue weighted by Gasteiger charge is -2.23. The van der Waals surface area contributed by atoms with Crippen LogP contribution < -0.4 is 15.4 Å². The molecule has 2 amide bonds. The maximum Gasteiger partial charge on any atom is 0.326 e. The molecule has 3 aromatic rings. The van der Waals surface area contributed by atoms with Crippen molar-refractivity contribution in [2.24, 2.45) is 5.16 Å². The van der Waals surface area contributed by atoms with E-state index < -0.39 is 29.4 Å². The number of anilines is 1. The van der Waals surface area contributed by atoms with E-state index in [4.69, 9.17) is 32.8 Å². The Hall–Kier alpha value is -4.08. The smallest absolute Gasteiger partial charge is 0.326 e. The number of methoxy groups -OCH3 is 1. The van der Waals surface area contributed by atoms with Crippen molar-refractivity contribution in [1.82, 2.24) is 5.32 Å². The molecule has 1 unspecified atom stereocenters. The van der Waals surface area contributed by atoms with E-state index in [-0.39, 0.29) is 28.5 Å². The van der Waals surface area contributed by atoms with Crippen LogP contribution in [0.25, 0.3) is 0 Å². The minimum absolute atomic E-state index is 0.00193. The van der Waals surface area contributed by atoms with E-state index in [0.29, 0.717) is 28.3 Å². The number of hydrogen-bond acceptors (Lipinski definition) is 6. The van der Waals surface area contributed by atoms with Crippen LogP contribution in [0, 0.1) is 0 Å². The molecule has 0 saturated heterocycles. The Bertz CT molecular complexity index is 1420. The Labute approximate surface area is 234 Å². The Balaban J connectivity index is 1.39. The third-order valence-electron chi connectivity index (χ3n) is 6.21. The van der Waals surface area contributed by atoms with Crippen LogP contribution >= 0.6 is 23.2 Å². The van der Waals surface area contributed by atoms with Crippen molar-refractivity contribution in [3.8, 4) is 5.75 Å². The highest BCUT2D eigenvalue weighted by molar-refractivity contribution is 6.40. The zero-order chi connectivity index (χ0) is 28.2. The number of carboxylic acid groups (broad SMARTS) is 1. The van der Waals surface area contributed by atoms with Crippen LogP contribution in [0.4, 0.5) is 5.69 Å². The molecule has 0 spiro atoms. The van der Waals surface area contributed by atoms with Crippen LogP contribution in [-0.4, -0.2) is 47.4 Å². The summed E-state index contributed by atoms with van der Waals surface area (Å²) < 4.78 is 5.36. The number of para-hydroxylation sites is 1. The molecule has 3 aromatic carbocycles. The first kappa shape index (κ1) is 27.9. The lowest BCUT2D eigenvalue weighted by Crippen LogP contribution is -2.51. The lowest BCUT2D eigenvalue weighted by atomic mass is 9.94. The number of carbonyl (C=O) groups is 3. The number of ether oxygens (including phenoxy) is 1. The van der Waals surface area contributed by atoms with Gasteiger partial charge in [0.05, 0.1) is 28.4 Å². The molecule has 39 heavy (non-hydrogen) atoms. The normalized spacial score (nSPS) is 17.0. The van der Waals surface area contributed by atoms with Gasteiger partial charge in [-0.1, -0.05) is 58.7 Å². The number of carbonyl (C=O) groups excluding carboxylic acids is 2. The van der Waals surface area contributed by atoms with Gasteiger partial charge >= 0.3 is 5.97 Å². The number of oxime groups is 1. The van der Waals surface area contributed by atoms with Gasteiger partial charge in [0, 0.05) is 24.1 Å². The maximum absolute atomic E-state index is 13.1. The van der Waals surface area contributed by atoms with E-state index in [2.05, 4.69) is 15.8 Å². The lowest BCUT2D eigenvalue weighted by molar-refractivity contribution is -0.148. The minimum atomic E-state index is -1.39. The number of halogens is 2. The molecule has 202 valence electrons. The molecule has 9 nitrogen and oxygen atoms in total. The van der Waals surface area contributed by atoms with Gasteiger partial charge in [0.25, 0.3) is 11.8 Å². The van der Waals surface area contributed by atoms with Crippen molar-refractivity contribution >= 4 is 52.4 Å². The zero-order valence-electron chi connectivity index (χ0n) is 21.0. The second kappa shape index (κ2) is 11.8. The molecule has 4 rings (SSSR count). The summed E-state index contributed by atoms with van der Waals surface area (Å²) in [5, 5.41) is 19.6. The molecule has 1 heterocycles. The van der Waals surface area contributed by atoms with Gasteiger partial charge in [-0.25, -0.2) is 4.79 Å². The Morgan fingerprint density at radius 3 is 2.36 bits per heavy atom. The third-order valence-corrected chi connectivity index (χ3v) is 6.84. The molecular weight excluding hydrogens is 545 g/mol. The van der Waals surface area contributed by atoms with Crippen LogP contribution in [0.1, 0.15) is 34.8 Å². The summed E-state index contributed by atoms with van der Waals surface area (Å²) in [4.78, 5) is 43.1. The number of amides is 2. The predicted octanol–water partition coefficient (Wildman–Crippen LogP) is 4.95. The average Bonchev–Trinajstić information content (AvgIpc) is 3.32. The summed E-state index contributed by atoms with van der Waals surface area (Å²) in [7, 11) is 1.54. The fourth-order valence-corrected chi connectivity index (χ4v) is 4.64. The van der Waals surface area contributed by atoms with Gasteiger partial charge in [0.15, 0.2) is 0 Å². The second-order valence-electron chi connectivity index (χ2n) is 9.05. The molecule has 0 aromatic heterocycles. The maximum atomic E-state index is 13.1. The van der Waals surface area contributed by atoms with E-state index in [1.165, 1.54) is 7.11 Å². The number of hydrogen-bond donors (Lipinski definition) is 3. The number of rotatable bonds is 9. The minimum Gasteiger partial charge on any atom is -0.496 e. The summed E-state index contributed by atoms with van der Waals surface area (Å²) >= 11 is 12.2. The molecule has 3 N–H and O–H groups in total. The molecule has 0 saturated carbocycles. The van der Waals surface area contributed by atoms with Crippen LogP contribution in [0.3, 0.4) is 0 Å². The third kappa shape index (κ3) is 6.32. The van der Waals surface area contributed by atoms with Gasteiger partial charge in [0.2, 0.25) is 5.60 Å². The predicted molar refractivity (Wildman–Crippen MR) is 148 cm³/mol. The van der Waals surface area contributed by atoms with Crippen LogP contribution in [-0.2, 0) is 20.8 Å². The Morgan fingerprint density at radius 2 is 1.72 bits per heavy atom. The van der Waals surface area contributed by atoms with E-state index >= 15 is 0 Å². The summed E-state index contributed by atoms with van der Waals surface area (Å²) in [5.74, 6) is -1.71. The van der Waals surface area contributed by atoms with E-state index in [1.807, 2.05) is 12.1 Å². The van der Waals surface area contributed by atoms with Crippen molar-refractivity contribution in [3.63, 3.8) is 0 Å². The number of aliphatic carboxylic acids is 1. The van der Waals surface area contributed by atoms with Crippen molar-refractivity contribution in [2.75, 3.05) is 12.4 Å². The Kier molecular flexibility index (Phi) is 8.42. The number of nitrogens with zero attached hydrogens (tertiary/aromatic N) is 1. The highest BCUT2D eigenvalue weighted by Gasteiger charge is 2.44. The van der Waals surface area contributed by atoms with Crippen LogP contribution in [0.5, 0.6) is 5.75 Å². The fourth-order valence-electron chi connectivity index (χ4n) is 4.07. The zero-order valence-corrected chi connectivity index (χ0v) is 22.5. The van der Waals surface area contributed by atoms with Gasteiger partial charge < -0.3 is 25.3 Å². The molecule has 1 aliphatic rings. The number of carboxylic acids is 1. The monoisotopic (exact) mass is 569 g/mol. The van der Waals surface area contributed by atoms with Crippen molar-refractivity contribution in [2.45, 2.75) is 31.4 Å². The molecule has 0 radical (unpaired) electrons. The molecule has 0 fully saturated rings. The van der Waals surface area contributed by atoms with Crippen molar-refractivity contribution in [3.05, 3.63) is 93.5 Å². The average molecular weight is 570 g/mol. The molecule has 11 heteroatoms. The van der Waals surface area contributed by atoms with Gasteiger partial charge in [-0.05, 0) is 48.9 Å². The van der Waals surface area contributed by atoms with Gasteiger partial charge in [0.1, 0.15) is 11.8 Å². The quantitative estimate of drug-likeness (QED) is 0.334. The first-order valence-corrected chi connectivity index (χ1v) is 12.6. The second-order valence-corrected chi connectivity index (χ2v) is 9.87. The van der Waals surface area contributed by atoms with Crippen molar-refractivity contribution < 1.29 is 29.1 Å². The number of benzene rings is 3. The van der Waals surface area contributed by atoms with E-state index in [9.17, 15) is 19.5 Å². The molecule has 1 aliphatic heterocycles. The topological polar surface area (TPSA) is 126 Å². The van der Waals surface area contributed by atoms with Gasteiger partial charge in [-0.3, -0.25) is 9.59 Å². The summed E-state index contributed by atoms with van der Waals surface area (Å²) in [6.07, 6.45) is 0.136. The largest absolute Gasteiger partial charge is 0.496 e. The standard InChI is InChI=1S/C28H25Cl2N3O6/c1-28(15-22(33-39-28)18-6-3-4-9-23(18)38-2)27(37)32-21(26(35)36)14-16-10-12-17(13-11-16)31-25(34)24-19(29)7-5-8-20(24)30/h3-13,21H,14-15H2,1-2H3,(H,31,34)(H,32,37)(H,35,36)/t21-,28?/m0/s1. The summed E-state index contributed by atoms with van der Waals surface area (Å²) in [5.41, 5.74) is 1.06. The highest BCUT2D eigenvalue weighted by atomic mass is 35.5. The molecule has 0 aliphatic carbocycles.